The number of hydrogen-bond acceptors (Lipinski definition) is 3. The lowest BCUT2D eigenvalue weighted by Crippen LogP contribution is -2.30. The van der Waals surface area contributed by atoms with Crippen molar-refractivity contribution in [3.63, 3.8) is 0 Å². The van der Waals surface area contributed by atoms with Gasteiger partial charge in [0.05, 0.1) is 18.2 Å². The Morgan fingerprint density at radius 3 is 2.93 bits per heavy atom. The second-order valence-corrected chi connectivity index (χ2v) is 3.25. The lowest BCUT2D eigenvalue weighted by atomic mass is 10.0. The van der Waals surface area contributed by atoms with Gasteiger partial charge in [0.2, 0.25) is 0 Å². The normalized spacial score (nSPS) is 19.6. The van der Waals surface area contributed by atoms with Gasteiger partial charge >= 0.3 is 0 Å². The monoisotopic (exact) mass is 231 g/mol. The van der Waals surface area contributed by atoms with Gasteiger partial charge in [-0.25, -0.2) is 4.39 Å². The van der Waals surface area contributed by atoms with E-state index in [4.69, 9.17) is 10.5 Å². The number of benzene rings is 1. The number of carbonyl (C=O) groups excluding carboxylic acids is 1. The van der Waals surface area contributed by atoms with Crippen LogP contribution in [0.4, 0.5) is 4.39 Å². The zero-order valence-corrected chi connectivity index (χ0v) is 8.72. The molecule has 0 aromatic heterocycles. The van der Waals surface area contributed by atoms with Gasteiger partial charge in [0.1, 0.15) is 11.6 Å². The van der Waals surface area contributed by atoms with Crippen LogP contribution in [-0.4, -0.2) is 18.4 Å². The molecule has 0 radical (unpaired) electrons. The Labute approximate surface area is 92.8 Å². The van der Waals surface area contributed by atoms with Crippen LogP contribution in [0.1, 0.15) is 16.8 Å². The molecule has 0 saturated carbocycles. The van der Waals surface area contributed by atoms with Gasteiger partial charge < -0.3 is 10.5 Å². The summed E-state index contributed by atoms with van der Waals surface area (Å²) < 4.78 is 18.2. The third-order valence-corrected chi connectivity index (χ3v) is 2.23. The van der Waals surface area contributed by atoms with Crippen LogP contribution in [0.2, 0.25) is 0 Å². The molecular weight excluding hydrogens is 221 g/mol. The van der Waals surface area contributed by atoms with E-state index in [0.29, 0.717) is 18.8 Å². The van der Waals surface area contributed by atoms with Crippen LogP contribution >= 0.6 is 12.4 Å². The van der Waals surface area contributed by atoms with Crippen LogP contribution in [0.25, 0.3) is 0 Å². The summed E-state index contributed by atoms with van der Waals surface area (Å²) in [5.74, 6) is -0.281. The number of ether oxygens (including phenoxy) is 1. The van der Waals surface area contributed by atoms with Crippen molar-refractivity contribution in [3.8, 4) is 5.75 Å². The van der Waals surface area contributed by atoms with Crippen molar-refractivity contribution in [2.45, 2.75) is 12.5 Å². The summed E-state index contributed by atoms with van der Waals surface area (Å²) in [6.45, 7) is 0.394. The molecule has 1 atom stereocenters. The molecule has 1 aromatic carbocycles. The number of hydrogen-bond donors (Lipinski definition) is 1. The Morgan fingerprint density at radius 1 is 1.47 bits per heavy atom. The molecule has 0 spiro atoms. The molecule has 82 valence electrons. The van der Waals surface area contributed by atoms with E-state index in [-0.39, 0.29) is 23.8 Å². The van der Waals surface area contributed by atoms with Gasteiger partial charge in [-0.15, -0.1) is 12.4 Å². The van der Waals surface area contributed by atoms with Crippen molar-refractivity contribution in [2.24, 2.45) is 5.73 Å². The van der Waals surface area contributed by atoms with Crippen LogP contribution in [0, 0.1) is 5.82 Å². The van der Waals surface area contributed by atoms with E-state index in [1.807, 2.05) is 0 Å². The molecule has 1 aliphatic heterocycles. The SMILES string of the molecule is Cl.NC1CCOc2ccc(F)cc2C1=O. The summed E-state index contributed by atoms with van der Waals surface area (Å²) in [5.41, 5.74) is 5.84. The number of nitrogens with two attached hydrogens (primary N) is 1. The molecule has 0 amide bonds. The topological polar surface area (TPSA) is 52.3 Å². The summed E-state index contributed by atoms with van der Waals surface area (Å²) in [4.78, 5) is 11.6. The average molecular weight is 232 g/mol. The molecule has 0 saturated heterocycles. The minimum Gasteiger partial charge on any atom is -0.493 e. The average Bonchev–Trinajstić information content (AvgIpc) is 2.30. The zero-order chi connectivity index (χ0) is 10.1. The number of Topliss-reactive ketones (excluding diaryl/α,β-unsaturated/α-hetero) is 1. The van der Waals surface area contributed by atoms with Gasteiger partial charge in [-0.3, -0.25) is 4.79 Å². The van der Waals surface area contributed by atoms with Crippen LogP contribution in [0.15, 0.2) is 18.2 Å². The summed E-state index contributed by atoms with van der Waals surface area (Å²) in [7, 11) is 0. The number of fused-ring (bicyclic) bond motifs is 1. The molecule has 0 bridgehead atoms. The van der Waals surface area contributed by atoms with Crippen LogP contribution in [-0.2, 0) is 0 Å². The quantitative estimate of drug-likeness (QED) is 0.737. The molecule has 2 N–H and O–H groups in total. The fourth-order valence-electron chi connectivity index (χ4n) is 1.45. The summed E-state index contributed by atoms with van der Waals surface area (Å²) in [6, 6.07) is 3.31. The molecule has 0 aliphatic carbocycles. The van der Waals surface area contributed by atoms with Gasteiger partial charge in [0.15, 0.2) is 5.78 Å². The Hall–Kier alpha value is -1.13. The molecule has 0 fully saturated rings. The van der Waals surface area contributed by atoms with Crippen molar-refractivity contribution in [2.75, 3.05) is 6.61 Å². The van der Waals surface area contributed by atoms with E-state index < -0.39 is 11.9 Å². The van der Waals surface area contributed by atoms with Crippen LogP contribution in [0.5, 0.6) is 5.75 Å². The predicted octanol–water partition coefficient (Wildman–Crippen LogP) is 1.54. The Bertz CT molecular complexity index is 384. The van der Waals surface area contributed by atoms with Crippen molar-refractivity contribution in [3.05, 3.63) is 29.6 Å². The molecule has 2 rings (SSSR count). The summed E-state index contributed by atoms with van der Waals surface area (Å²) in [5, 5.41) is 0. The van der Waals surface area contributed by atoms with E-state index in [1.165, 1.54) is 18.2 Å². The highest BCUT2D eigenvalue weighted by atomic mass is 35.5. The number of carbonyl (C=O) groups is 1. The Kier molecular flexibility index (Phi) is 3.66. The smallest absolute Gasteiger partial charge is 0.183 e. The molecule has 1 heterocycles. The fourth-order valence-corrected chi connectivity index (χ4v) is 1.45. The highest BCUT2D eigenvalue weighted by molar-refractivity contribution is 6.02. The van der Waals surface area contributed by atoms with E-state index in [2.05, 4.69) is 0 Å². The second-order valence-electron chi connectivity index (χ2n) is 3.25. The van der Waals surface area contributed by atoms with Gasteiger partial charge in [0.25, 0.3) is 0 Å². The summed E-state index contributed by atoms with van der Waals surface area (Å²) >= 11 is 0. The predicted molar refractivity (Wildman–Crippen MR) is 56.1 cm³/mol. The third kappa shape index (κ3) is 2.27. The standard InChI is InChI=1S/C10H10FNO2.ClH/c11-6-1-2-9-7(5-6)10(13)8(12)3-4-14-9;/h1-2,5,8H,3-4,12H2;1H. The van der Waals surface area contributed by atoms with Crippen molar-refractivity contribution in [1.82, 2.24) is 0 Å². The fraction of sp³-hybridized carbons (Fsp3) is 0.300. The van der Waals surface area contributed by atoms with Crippen molar-refractivity contribution >= 4 is 18.2 Å². The lowest BCUT2D eigenvalue weighted by molar-refractivity contribution is 0.0960. The number of rotatable bonds is 0. The second kappa shape index (κ2) is 4.59. The molecular formula is C10H11ClFNO2. The van der Waals surface area contributed by atoms with Gasteiger partial charge in [-0.1, -0.05) is 0 Å². The van der Waals surface area contributed by atoms with Gasteiger partial charge in [0, 0.05) is 6.42 Å². The number of halogens is 2. The maximum atomic E-state index is 12.9. The maximum absolute atomic E-state index is 12.9. The first kappa shape index (κ1) is 11.9. The molecule has 1 unspecified atom stereocenters. The molecule has 3 nitrogen and oxygen atoms in total. The first-order valence-corrected chi connectivity index (χ1v) is 4.40. The minimum atomic E-state index is -0.585. The van der Waals surface area contributed by atoms with E-state index in [0.717, 1.165) is 0 Å². The molecule has 15 heavy (non-hydrogen) atoms. The van der Waals surface area contributed by atoms with Crippen LogP contribution in [0.3, 0.4) is 0 Å². The van der Waals surface area contributed by atoms with Gasteiger partial charge in [-0.2, -0.15) is 0 Å². The first-order valence-electron chi connectivity index (χ1n) is 4.40. The largest absolute Gasteiger partial charge is 0.493 e. The van der Waals surface area contributed by atoms with E-state index in [1.54, 1.807) is 0 Å². The third-order valence-electron chi connectivity index (χ3n) is 2.23. The zero-order valence-electron chi connectivity index (χ0n) is 7.90. The highest BCUT2D eigenvalue weighted by Gasteiger charge is 2.23. The first-order chi connectivity index (χ1) is 6.68. The molecule has 1 aliphatic rings. The van der Waals surface area contributed by atoms with Gasteiger partial charge in [-0.05, 0) is 18.2 Å². The maximum Gasteiger partial charge on any atom is 0.183 e. The lowest BCUT2D eigenvalue weighted by Gasteiger charge is -2.05. The van der Waals surface area contributed by atoms with Crippen molar-refractivity contribution in [1.29, 1.82) is 0 Å². The number of ketones is 1. The molecule has 5 heteroatoms. The highest BCUT2D eigenvalue weighted by Crippen LogP contribution is 2.24. The van der Waals surface area contributed by atoms with E-state index >= 15 is 0 Å². The Morgan fingerprint density at radius 2 is 2.20 bits per heavy atom. The van der Waals surface area contributed by atoms with Crippen LogP contribution < -0.4 is 10.5 Å². The Balaban J connectivity index is 0.00000112. The minimum absolute atomic E-state index is 0. The van der Waals surface area contributed by atoms with E-state index in [9.17, 15) is 9.18 Å². The molecule has 1 aromatic rings. The van der Waals surface area contributed by atoms with Crippen molar-refractivity contribution < 1.29 is 13.9 Å². The summed E-state index contributed by atoms with van der Waals surface area (Å²) in [6.07, 6.45) is 0.467.